The summed E-state index contributed by atoms with van der Waals surface area (Å²) in [6.07, 6.45) is 3.00. The molecule has 3 rings (SSSR count). The maximum absolute atomic E-state index is 5.95. The largest absolute Gasteiger partial charge is 0.454 e. The van der Waals surface area contributed by atoms with E-state index in [1.54, 1.807) is 6.20 Å². The Hall–Kier alpha value is -2.01. The Morgan fingerprint density at radius 3 is 3.06 bits per heavy atom. The third-order valence-electron chi connectivity index (χ3n) is 2.56. The number of anilines is 1. The Morgan fingerprint density at radius 1 is 1.28 bits per heavy atom. The van der Waals surface area contributed by atoms with Gasteiger partial charge in [0.2, 0.25) is 6.79 Å². The topological polar surface area (TPSA) is 56.3 Å². The first-order valence-electron chi connectivity index (χ1n) is 5.41. The van der Waals surface area contributed by atoms with Crippen molar-refractivity contribution in [2.45, 2.75) is 6.54 Å². The van der Waals surface area contributed by atoms with Gasteiger partial charge in [-0.3, -0.25) is 0 Å². The van der Waals surface area contributed by atoms with Crippen LogP contribution in [0.1, 0.15) is 5.56 Å². The predicted molar refractivity (Wildman–Crippen MR) is 66.9 cm³/mol. The van der Waals surface area contributed by atoms with E-state index < -0.39 is 0 Å². The Balaban J connectivity index is 1.72. The first-order valence-corrected chi connectivity index (χ1v) is 5.78. The second-order valence-corrected chi connectivity index (χ2v) is 4.17. The van der Waals surface area contributed by atoms with Crippen LogP contribution in [0.4, 0.5) is 5.82 Å². The molecule has 0 bridgehead atoms. The number of hydrogen-bond acceptors (Lipinski definition) is 5. The molecule has 1 aliphatic rings. The van der Waals surface area contributed by atoms with Crippen molar-refractivity contribution in [3.8, 4) is 11.5 Å². The lowest BCUT2D eigenvalue weighted by atomic mass is 10.2. The van der Waals surface area contributed by atoms with E-state index in [0.29, 0.717) is 17.4 Å². The Kier molecular flexibility index (Phi) is 2.90. The van der Waals surface area contributed by atoms with Crippen LogP contribution in [-0.4, -0.2) is 16.8 Å². The first kappa shape index (κ1) is 11.1. The van der Waals surface area contributed by atoms with E-state index in [-0.39, 0.29) is 6.79 Å². The van der Waals surface area contributed by atoms with Crippen LogP contribution in [-0.2, 0) is 6.54 Å². The zero-order valence-corrected chi connectivity index (χ0v) is 10.1. The summed E-state index contributed by atoms with van der Waals surface area (Å²) in [6, 6.07) is 5.79. The number of rotatable bonds is 3. The molecule has 0 saturated heterocycles. The van der Waals surface area contributed by atoms with Crippen LogP contribution in [0.2, 0.25) is 5.02 Å². The average Bonchev–Trinajstić information content (AvgIpc) is 2.85. The average molecular weight is 264 g/mol. The van der Waals surface area contributed by atoms with Gasteiger partial charge in [-0.15, -0.1) is 0 Å². The lowest BCUT2D eigenvalue weighted by Gasteiger charge is -2.07. The highest BCUT2D eigenvalue weighted by Gasteiger charge is 2.13. The predicted octanol–water partition coefficient (Wildman–Crippen LogP) is 2.47. The summed E-state index contributed by atoms with van der Waals surface area (Å²) >= 11 is 5.95. The summed E-state index contributed by atoms with van der Waals surface area (Å²) in [5, 5.41) is 3.64. The second kappa shape index (κ2) is 4.70. The lowest BCUT2D eigenvalue weighted by molar-refractivity contribution is 0.174. The van der Waals surface area contributed by atoms with Gasteiger partial charge in [0.05, 0.1) is 6.20 Å². The maximum atomic E-state index is 5.95. The van der Waals surface area contributed by atoms with E-state index in [1.165, 1.54) is 6.33 Å². The molecule has 0 aliphatic carbocycles. The first-order chi connectivity index (χ1) is 8.83. The van der Waals surface area contributed by atoms with Gasteiger partial charge in [0.25, 0.3) is 0 Å². The number of nitrogens with zero attached hydrogens (tertiary/aromatic N) is 2. The van der Waals surface area contributed by atoms with Gasteiger partial charge in [0.15, 0.2) is 11.5 Å². The molecule has 0 spiro atoms. The molecule has 2 heterocycles. The standard InChI is InChI=1S/C12H10ClN3O2/c13-9-5-14-6-16-12(9)15-4-8-1-2-10-11(3-8)18-7-17-10/h1-3,5-6H,4,7H2,(H,14,15,16). The molecule has 0 atom stereocenters. The fraction of sp³-hybridized carbons (Fsp3) is 0.167. The summed E-state index contributed by atoms with van der Waals surface area (Å²) in [7, 11) is 0. The van der Waals surface area contributed by atoms with Crippen LogP contribution < -0.4 is 14.8 Å². The molecule has 1 aromatic carbocycles. The van der Waals surface area contributed by atoms with Crippen LogP contribution >= 0.6 is 11.6 Å². The smallest absolute Gasteiger partial charge is 0.231 e. The third kappa shape index (κ3) is 2.17. The second-order valence-electron chi connectivity index (χ2n) is 3.76. The van der Waals surface area contributed by atoms with Gasteiger partial charge in [-0.05, 0) is 17.7 Å². The van der Waals surface area contributed by atoms with Crippen molar-refractivity contribution in [3.63, 3.8) is 0 Å². The molecule has 18 heavy (non-hydrogen) atoms. The van der Waals surface area contributed by atoms with Gasteiger partial charge in [0.1, 0.15) is 17.2 Å². The van der Waals surface area contributed by atoms with E-state index in [1.807, 2.05) is 18.2 Å². The van der Waals surface area contributed by atoms with E-state index in [0.717, 1.165) is 17.1 Å². The summed E-state index contributed by atoms with van der Waals surface area (Å²) in [5.41, 5.74) is 1.06. The number of halogens is 1. The van der Waals surface area contributed by atoms with Crippen molar-refractivity contribution in [3.05, 3.63) is 41.3 Å². The van der Waals surface area contributed by atoms with Crippen LogP contribution in [0.3, 0.4) is 0 Å². The zero-order valence-electron chi connectivity index (χ0n) is 9.39. The van der Waals surface area contributed by atoms with Crippen molar-refractivity contribution in [2.75, 3.05) is 12.1 Å². The van der Waals surface area contributed by atoms with Crippen LogP contribution in [0.15, 0.2) is 30.7 Å². The molecule has 6 heteroatoms. The normalized spacial score (nSPS) is 12.5. The fourth-order valence-corrected chi connectivity index (χ4v) is 1.85. The highest BCUT2D eigenvalue weighted by Crippen LogP contribution is 2.32. The Morgan fingerprint density at radius 2 is 2.17 bits per heavy atom. The van der Waals surface area contributed by atoms with Gasteiger partial charge in [-0.25, -0.2) is 9.97 Å². The molecule has 0 saturated carbocycles. The summed E-state index contributed by atoms with van der Waals surface area (Å²) in [4.78, 5) is 7.88. The quantitative estimate of drug-likeness (QED) is 0.922. The molecule has 92 valence electrons. The molecule has 5 nitrogen and oxygen atoms in total. The molecule has 2 aromatic rings. The van der Waals surface area contributed by atoms with Gasteiger partial charge in [-0.1, -0.05) is 17.7 Å². The molecule has 1 aliphatic heterocycles. The summed E-state index contributed by atoms with van der Waals surface area (Å²) in [6.45, 7) is 0.886. The zero-order chi connectivity index (χ0) is 12.4. The molecular formula is C12H10ClN3O2. The van der Waals surface area contributed by atoms with Crippen molar-refractivity contribution < 1.29 is 9.47 Å². The molecule has 0 amide bonds. The Bertz CT molecular complexity index is 577. The molecule has 0 unspecified atom stereocenters. The van der Waals surface area contributed by atoms with Gasteiger partial charge >= 0.3 is 0 Å². The monoisotopic (exact) mass is 263 g/mol. The highest BCUT2D eigenvalue weighted by atomic mass is 35.5. The molecule has 0 fully saturated rings. The lowest BCUT2D eigenvalue weighted by Crippen LogP contribution is -2.02. The number of aromatic nitrogens is 2. The van der Waals surface area contributed by atoms with E-state index in [9.17, 15) is 0 Å². The molecular weight excluding hydrogens is 254 g/mol. The van der Waals surface area contributed by atoms with Crippen molar-refractivity contribution in [1.82, 2.24) is 9.97 Å². The minimum Gasteiger partial charge on any atom is -0.454 e. The number of fused-ring (bicyclic) bond motifs is 1. The molecule has 1 aromatic heterocycles. The van der Waals surface area contributed by atoms with Crippen molar-refractivity contribution in [2.24, 2.45) is 0 Å². The number of ether oxygens (including phenoxy) is 2. The minimum absolute atomic E-state index is 0.282. The minimum atomic E-state index is 0.282. The number of hydrogen-bond donors (Lipinski definition) is 1. The highest BCUT2D eigenvalue weighted by molar-refractivity contribution is 6.32. The van der Waals surface area contributed by atoms with E-state index >= 15 is 0 Å². The van der Waals surface area contributed by atoms with Crippen LogP contribution in [0, 0.1) is 0 Å². The summed E-state index contributed by atoms with van der Waals surface area (Å²) < 4.78 is 10.6. The van der Waals surface area contributed by atoms with Gasteiger partial charge < -0.3 is 14.8 Å². The van der Waals surface area contributed by atoms with Gasteiger partial charge in [0, 0.05) is 6.54 Å². The SMILES string of the molecule is Clc1cncnc1NCc1ccc2c(c1)OCO2. The molecule has 1 N–H and O–H groups in total. The van der Waals surface area contributed by atoms with Crippen molar-refractivity contribution in [1.29, 1.82) is 0 Å². The Labute approximate surface area is 109 Å². The van der Waals surface area contributed by atoms with Crippen LogP contribution in [0.25, 0.3) is 0 Å². The number of nitrogens with one attached hydrogen (secondary N) is 1. The van der Waals surface area contributed by atoms with Gasteiger partial charge in [-0.2, -0.15) is 0 Å². The maximum Gasteiger partial charge on any atom is 0.231 e. The summed E-state index contributed by atoms with van der Waals surface area (Å²) in [5.74, 6) is 2.16. The fourth-order valence-electron chi connectivity index (χ4n) is 1.68. The van der Waals surface area contributed by atoms with E-state index in [2.05, 4.69) is 15.3 Å². The van der Waals surface area contributed by atoms with E-state index in [4.69, 9.17) is 21.1 Å². The van der Waals surface area contributed by atoms with Crippen molar-refractivity contribution >= 4 is 17.4 Å². The third-order valence-corrected chi connectivity index (χ3v) is 2.84. The number of benzene rings is 1. The molecule has 0 radical (unpaired) electrons. The van der Waals surface area contributed by atoms with Crippen LogP contribution in [0.5, 0.6) is 11.5 Å².